The highest BCUT2D eigenvalue weighted by molar-refractivity contribution is 6.74. The molecule has 1 aliphatic heterocycles. The summed E-state index contributed by atoms with van der Waals surface area (Å²) in [6, 6.07) is 12.5. The third-order valence-electron chi connectivity index (χ3n) is 9.28. The van der Waals surface area contributed by atoms with Crippen molar-refractivity contribution in [3.05, 3.63) is 64.2 Å². The molecule has 3 rings (SSSR count). The number of benzene rings is 2. The maximum absolute atomic E-state index is 11.9. The van der Waals surface area contributed by atoms with Crippen molar-refractivity contribution >= 4 is 43.8 Å². The molecule has 0 unspecified atom stereocenters. The number of carboxylic acid groups (broad SMARTS) is 3. The fourth-order valence-electron chi connectivity index (χ4n) is 5.82. The Balaban J connectivity index is 1.85. The van der Waals surface area contributed by atoms with Gasteiger partial charge in [0.05, 0.1) is 18.8 Å². The SMILES string of the molecule is CC(=O)OC[C@@H]1O[C@H](c2ccc(Cl)c(Cc3ccc(OCCO[Si](C)(C)C(C)(C)C)cc3)c2)[C@@H](CC(=O)[O-])[C@@H](CC(=O)[O-])[C@H]1CC(=O)[O-]. The molecule has 48 heavy (non-hydrogen) atoms. The van der Waals surface area contributed by atoms with Gasteiger partial charge in [0.2, 0.25) is 0 Å². The van der Waals surface area contributed by atoms with E-state index >= 15 is 0 Å². The van der Waals surface area contributed by atoms with E-state index in [1.807, 2.05) is 24.3 Å². The first-order valence-corrected chi connectivity index (χ1v) is 19.2. The molecule has 0 amide bonds. The number of hydrogen-bond acceptors (Lipinski definition) is 11. The van der Waals surface area contributed by atoms with Crippen molar-refractivity contribution in [2.75, 3.05) is 19.8 Å². The van der Waals surface area contributed by atoms with E-state index in [0.717, 1.165) is 5.56 Å². The summed E-state index contributed by atoms with van der Waals surface area (Å²) in [6.45, 7) is 12.6. The second kappa shape index (κ2) is 16.8. The van der Waals surface area contributed by atoms with E-state index < -0.39 is 81.4 Å². The van der Waals surface area contributed by atoms with Crippen LogP contribution in [-0.2, 0) is 39.5 Å². The number of hydrogen-bond donors (Lipinski definition) is 0. The number of esters is 1. The van der Waals surface area contributed by atoms with Crippen molar-refractivity contribution in [2.45, 2.75) is 83.7 Å². The first kappa shape index (κ1) is 39.0. The average molecular weight is 704 g/mol. The van der Waals surface area contributed by atoms with Gasteiger partial charge >= 0.3 is 5.97 Å². The van der Waals surface area contributed by atoms with E-state index in [2.05, 4.69) is 33.9 Å². The Bertz CT molecular complexity index is 1440. The van der Waals surface area contributed by atoms with Gasteiger partial charge in [0, 0.05) is 29.9 Å². The smallest absolute Gasteiger partial charge is 0.302 e. The molecule has 1 saturated heterocycles. The molecule has 264 valence electrons. The summed E-state index contributed by atoms with van der Waals surface area (Å²) >= 11 is 6.59. The highest BCUT2D eigenvalue weighted by atomic mass is 35.5. The lowest BCUT2D eigenvalue weighted by Gasteiger charge is -2.48. The zero-order valence-electron chi connectivity index (χ0n) is 28.2. The lowest BCUT2D eigenvalue weighted by atomic mass is 9.68. The van der Waals surface area contributed by atoms with Gasteiger partial charge in [-0.1, -0.05) is 56.6 Å². The van der Waals surface area contributed by atoms with Gasteiger partial charge in [0.1, 0.15) is 19.0 Å². The quantitative estimate of drug-likeness (QED) is 0.143. The summed E-state index contributed by atoms with van der Waals surface area (Å²) < 4.78 is 23.5. The van der Waals surface area contributed by atoms with Gasteiger partial charge in [-0.15, -0.1) is 0 Å². The summed E-state index contributed by atoms with van der Waals surface area (Å²) in [5.41, 5.74) is 2.09. The second-order valence-corrected chi connectivity index (χ2v) is 19.0. The van der Waals surface area contributed by atoms with Crippen molar-refractivity contribution < 1.29 is 53.1 Å². The number of carbonyl (C=O) groups excluding carboxylic acids is 4. The third kappa shape index (κ3) is 11.0. The Hall–Kier alpha value is -3.45. The molecule has 0 N–H and O–H groups in total. The highest BCUT2D eigenvalue weighted by Crippen LogP contribution is 2.48. The number of rotatable bonds is 16. The Morgan fingerprint density at radius 3 is 2.00 bits per heavy atom. The van der Waals surface area contributed by atoms with Crippen LogP contribution >= 0.6 is 11.6 Å². The summed E-state index contributed by atoms with van der Waals surface area (Å²) in [4.78, 5) is 47.0. The van der Waals surface area contributed by atoms with Crippen LogP contribution in [0.4, 0.5) is 0 Å². The molecular formula is C35H44ClO11Si-3. The van der Waals surface area contributed by atoms with Crippen LogP contribution in [0.15, 0.2) is 42.5 Å². The van der Waals surface area contributed by atoms with E-state index in [4.69, 9.17) is 30.2 Å². The van der Waals surface area contributed by atoms with E-state index in [1.54, 1.807) is 18.2 Å². The zero-order valence-corrected chi connectivity index (χ0v) is 30.0. The van der Waals surface area contributed by atoms with Gasteiger partial charge in [-0.05, 0) is 96.5 Å². The first-order chi connectivity index (χ1) is 22.4. The minimum atomic E-state index is -1.87. The first-order valence-electron chi connectivity index (χ1n) is 15.9. The third-order valence-corrected chi connectivity index (χ3v) is 14.2. The maximum Gasteiger partial charge on any atom is 0.302 e. The zero-order chi connectivity index (χ0) is 35.8. The summed E-state index contributed by atoms with van der Waals surface area (Å²) in [5.74, 6) is -7.52. The van der Waals surface area contributed by atoms with E-state index in [9.17, 15) is 34.5 Å². The van der Waals surface area contributed by atoms with Crippen molar-refractivity contribution in [1.82, 2.24) is 0 Å². The highest BCUT2D eigenvalue weighted by Gasteiger charge is 2.46. The lowest BCUT2D eigenvalue weighted by molar-refractivity contribution is -0.318. The Morgan fingerprint density at radius 1 is 0.854 bits per heavy atom. The molecule has 0 spiro atoms. The topological polar surface area (TPSA) is 174 Å². The molecular weight excluding hydrogens is 660 g/mol. The molecule has 2 aromatic rings. The summed E-state index contributed by atoms with van der Waals surface area (Å²) in [7, 11) is -1.87. The standard InChI is InChI=1S/C35H47ClO11Si/c1-21(37)45-20-30-27(18-32(40)41)26(17-31(38)39)28(19-33(42)43)34(47-30)23-9-12-29(36)24(16-23)15-22-7-10-25(11-8-22)44-13-14-46-48(5,6)35(2,3)4/h7-12,16,26-28,30,34H,13-15,17-20H2,1-6H3,(H,38,39)(H,40,41)(H,42,43)/p-3/t26-,27+,28-,30-,34+/m0/s1. The summed E-state index contributed by atoms with van der Waals surface area (Å²) in [5, 5.41) is 35.9. The van der Waals surface area contributed by atoms with E-state index in [-0.39, 0.29) is 11.6 Å². The van der Waals surface area contributed by atoms with Gasteiger partial charge in [-0.25, -0.2) is 0 Å². The van der Waals surface area contributed by atoms with Gasteiger partial charge in [0.15, 0.2) is 8.32 Å². The molecule has 11 nitrogen and oxygen atoms in total. The molecule has 0 saturated carbocycles. The Morgan fingerprint density at radius 2 is 1.44 bits per heavy atom. The molecule has 0 aromatic heterocycles. The predicted molar refractivity (Wildman–Crippen MR) is 173 cm³/mol. The van der Waals surface area contributed by atoms with Crippen molar-refractivity contribution in [3.8, 4) is 5.75 Å². The number of aliphatic carboxylic acids is 3. The number of halogens is 1. The lowest BCUT2D eigenvalue weighted by Crippen LogP contribution is -2.50. The van der Waals surface area contributed by atoms with Gasteiger partial charge in [-0.2, -0.15) is 0 Å². The van der Waals surface area contributed by atoms with Crippen LogP contribution < -0.4 is 20.1 Å². The van der Waals surface area contributed by atoms with Crippen molar-refractivity contribution in [3.63, 3.8) is 0 Å². The number of ether oxygens (including phenoxy) is 3. The van der Waals surface area contributed by atoms with Gasteiger partial charge < -0.3 is 48.3 Å². The fraction of sp³-hybridized carbons (Fsp3) is 0.543. The van der Waals surface area contributed by atoms with Crippen LogP contribution in [-0.4, -0.2) is 58.1 Å². The number of carboxylic acids is 3. The van der Waals surface area contributed by atoms with Gasteiger partial charge in [0.25, 0.3) is 0 Å². The van der Waals surface area contributed by atoms with Crippen LogP contribution in [0.5, 0.6) is 5.75 Å². The van der Waals surface area contributed by atoms with Gasteiger partial charge in [-0.3, -0.25) is 4.79 Å². The molecule has 0 aliphatic carbocycles. The molecule has 0 bridgehead atoms. The van der Waals surface area contributed by atoms with Crippen LogP contribution in [0.2, 0.25) is 23.2 Å². The minimum absolute atomic E-state index is 0.106. The van der Waals surface area contributed by atoms with E-state index in [0.29, 0.717) is 41.5 Å². The molecule has 0 radical (unpaired) electrons. The Labute approximate surface area is 287 Å². The van der Waals surface area contributed by atoms with Crippen LogP contribution in [0.25, 0.3) is 0 Å². The number of carbonyl (C=O) groups is 4. The molecule has 1 fully saturated rings. The molecule has 13 heteroatoms. The normalized spacial score (nSPS) is 21.4. The monoisotopic (exact) mass is 703 g/mol. The van der Waals surface area contributed by atoms with Crippen LogP contribution in [0.1, 0.15) is 69.8 Å². The average Bonchev–Trinajstić information content (AvgIpc) is 2.97. The molecule has 5 atom stereocenters. The van der Waals surface area contributed by atoms with E-state index in [1.165, 1.54) is 6.92 Å². The van der Waals surface area contributed by atoms with Crippen molar-refractivity contribution in [2.24, 2.45) is 17.8 Å². The molecule has 1 aliphatic rings. The largest absolute Gasteiger partial charge is 0.550 e. The molecule has 1 heterocycles. The van der Waals surface area contributed by atoms with Crippen LogP contribution in [0, 0.1) is 17.8 Å². The second-order valence-electron chi connectivity index (χ2n) is 13.7. The molecule has 2 aromatic carbocycles. The Kier molecular flexibility index (Phi) is 13.6. The summed E-state index contributed by atoms with van der Waals surface area (Å²) in [6.07, 6.45) is -3.61. The van der Waals surface area contributed by atoms with Crippen LogP contribution in [0.3, 0.4) is 0 Å². The van der Waals surface area contributed by atoms with Crippen molar-refractivity contribution in [1.29, 1.82) is 0 Å². The predicted octanol–water partition coefficient (Wildman–Crippen LogP) is 2.60. The maximum atomic E-state index is 11.9. The fourth-order valence-corrected chi connectivity index (χ4v) is 7.03. The minimum Gasteiger partial charge on any atom is -0.550 e.